The smallest absolute Gasteiger partial charge is 0.233 e. The summed E-state index contributed by atoms with van der Waals surface area (Å²) in [6.07, 6.45) is 2.24. The minimum Gasteiger partial charge on any atom is -0.361 e. The van der Waals surface area contributed by atoms with Crippen LogP contribution in [0, 0.1) is 6.92 Å². The van der Waals surface area contributed by atoms with Crippen LogP contribution < -0.4 is 4.90 Å². The van der Waals surface area contributed by atoms with Crippen molar-refractivity contribution in [3.8, 4) is 11.5 Å². The number of amides is 1. The number of carbonyl (C=O) groups is 1. The van der Waals surface area contributed by atoms with Crippen molar-refractivity contribution in [2.75, 3.05) is 18.2 Å². The van der Waals surface area contributed by atoms with E-state index in [1.54, 1.807) is 9.58 Å². The molecule has 1 aliphatic rings. The molecule has 0 saturated carbocycles. The number of hydrogen-bond acceptors (Lipinski definition) is 5. The van der Waals surface area contributed by atoms with E-state index in [1.165, 1.54) is 0 Å². The van der Waals surface area contributed by atoms with Crippen LogP contribution in [0.3, 0.4) is 0 Å². The molecule has 0 saturated heterocycles. The molecule has 9 heteroatoms. The lowest BCUT2D eigenvalue weighted by molar-refractivity contribution is -0.120. The van der Waals surface area contributed by atoms with Crippen LogP contribution in [0.1, 0.15) is 31.9 Å². The van der Waals surface area contributed by atoms with E-state index in [1.807, 2.05) is 17.8 Å². The minimum absolute atomic E-state index is 0.0311. The lowest BCUT2D eigenvalue weighted by Crippen LogP contribution is -2.40. The predicted octanol–water partition coefficient (Wildman–Crippen LogP) is 3.08. The van der Waals surface area contributed by atoms with Crippen LogP contribution in [0.5, 0.6) is 0 Å². The van der Waals surface area contributed by atoms with Crippen molar-refractivity contribution in [2.45, 2.75) is 65.5 Å². The molecule has 0 atom stereocenters. The van der Waals surface area contributed by atoms with Gasteiger partial charge in [-0.3, -0.25) is 14.4 Å². The van der Waals surface area contributed by atoms with Gasteiger partial charge in [0, 0.05) is 27.1 Å². The maximum absolute atomic E-state index is 12.4. The second kappa shape index (κ2) is 7.55. The summed E-state index contributed by atoms with van der Waals surface area (Å²) in [7, 11) is -1.16. The second-order valence-corrected chi connectivity index (χ2v) is 14.2. The van der Waals surface area contributed by atoms with Gasteiger partial charge in [0.2, 0.25) is 17.7 Å². The molecule has 3 rings (SSSR count). The van der Waals surface area contributed by atoms with E-state index in [2.05, 4.69) is 48.7 Å². The number of anilines is 1. The normalized spacial score (nSPS) is 14.9. The molecule has 0 radical (unpaired) electrons. The van der Waals surface area contributed by atoms with E-state index in [0.29, 0.717) is 31.3 Å². The largest absolute Gasteiger partial charge is 0.361 e. The molecule has 1 amide bonds. The first-order chi connectivity index (χ1) is 12.7. The number of aryl methyl sites for hydroxylation is 2. The molecule has 8 nitrogen and oxygen atoms in total. The van der Waals surface area contributed by atoms with Crippen LogP contribution in [0.4, 0.5) is 5.95 Å². The van der Waals surface area contributed by atoms with Crippen LogP contribution in [0.15, 0.2) is 6.20 Å². The first-order valence-corrected chi connectivity index (χ1v) is 13.3. The van der Waals surface area contributed by atoms with Crippen molar-refractivity contribution in [3.63, 3.8) is 0 Å². The van der Waals surface area contributed by atoms with E-state index in [4.69, 9.17) is 4.74 Å². The van der Waals surface area contributed by atoms with Gasteiger partial charge < -0.3 is 4.74 Å². The van der Waals surface area contributed by atoms with E-state index in [0.717, 1.165) is 17.3 Å². The number of carbonyl (C=O) groups excluding carboxylic acids is 1. The third kappa shape index (κ3) is 4.29. The Morgan fingerprint density at radius 3 is 2.70 bits per heavy atom. The van der Waals surface area contributed by atoms with Gasteiger partial charge in [0.05, 0.1) is 12.7 Å². The number of aromatic nitrogens is 5. The third-order valence-corrected chi connectivity index (χ3v) is 6.33. The molecule has 2 aromatic rings. The summed E-state index contributed by atoms with van der Waals surface area (Å²) in [5, 5.41) is 9.09. The van der Waals surface area contributed by atoms with Gasteiger partial charge >= 0.3 is 0 Å². The molecule has 0 N–H and O–H groups in total. The molecule has 1 aliphatic heterocycles. The first kappa shape index (κ1) is 19.8. The SMILES string of the molecule is Cc1cnn(C(C)C)c1-c1nc2n(n1)CCC(=O)N2COCC[Si](C)(C)C. The predicted molar refractivity (Wildman–Crippen MR) is 107 cm³/mol. The van der Waals surface area contributed by atoms with E-state index >= 15 is 0 Å². The molecular weight excluding hydrogens is 360 g/mol. The summed E-state index contributed by atoms with van der Waals surface area (Å²) in [4.78, 5) is 18.7. The summed E-state index contributed by atoms with van der Waals surface area (Å²) in [6.45, 7) is 14.5. The summed E-state index contributed by atoms with van der Waals surface area (Å²) in [5.41, 5.74) is 1.93. The lowest BCUT2D eigenvalue weighted by atomic mass is 10.2. The van der Waals surface area contributed by atoms with Gasteiger partial charge in [-0.15, -0.1) is 5.10 Å². The summed E-state index contributed by atoms with van der Waals surface area (Å²) in [6, 6.07) is 1.27. The zero-order valence-electron chi connectivity index (χ0n) is 17.2. The zero-order chi connectivity index (χ0) is 19.8. The Morgan fingerprint density at radius 2 is 2.04 bits per heavy atom. The molecule has 0 unspecified atom stereocenters. The topological polar surface area (TPSA) is 78.1 Å². The van der Waals surface area contributed by atoms with Crippen LogP contribution in [-0.4, -0.2) is 51.9 Å². The van der Waals surface area contributed by atoms with Gasteiger partial charge in [-0.1, -0.05) is 19.6 Å². The highest BCUT2D eigenvalue weighted by Gasteiger charge is 2.29. The molecule has 0 bridgehead atoms. The fourth-order valence-corrected chi connectivity index (χ4v) is 3.77. The van der Waals surface area contributed by atoms with E-state index < -0.39 is 8.07 Å². The monoisotopic (exact) mass is 390 g/mol. The fourth-order valence-electron chi connectivity index (χ4n) is 3.01. The van der Waals surface area contributed by atoms with Crippen LogP contribution in [0.2, 0.25) is 25.7 Å². The molecular formula is C18H30N6O2Si. The number of rotatable bonds is 7. The molecule has 3 heterocycles. The number of hydrogen-bond donors (Lipinski definition) is 0. The van der Waals surface area contributed by atoms with Crippen LogP contribution in [-0.2, 0) is 16.1 Å². The summed E-state index contributed by atoms with van der Waals surface area (Å²) < 4.78 is 9.53. The fraction of sp³-hybridized carbons (Fsp3) is 0.667. The van der Waals surface area contributed by atoms with Crippen molar-refractivity contribution in [1.29, 1.82) is 0 Å². The molecule has 0 aliphatic carbocycles. The number of nitrogens with zero attached hydrogens (tertiary/aromatic N) is 6. The Balaban J connectivity index is 1.82. The van der Waals surface area contributed by atoms with Gasteiger partial charge in [0.15, 0.2) is 0 Å². The Hall–Kier alpha value is -2.00. The quantitative estimate of drug-likeness (QED) is 0.536. The second-order valence-electron chi connectivity index (χ2n) is 8.59. The Morgan fingerprint density at radius 1 is 1.30 bits per heavy atom. The van der Waals surface area contributed by atoms with Gasteiger partial charge in [-0.25, -0.2) is 4.68 Å². The molecule has 0 aromatic carbocycles. The van der Waals surface area contributed by atoms with Crippen LogP contribution in [0.25, 0.3) is 11.5 Å². The summed E-state index contributed by atoms with van der Waals surface area (Å²) >= 11 is 0. The average Bonchev–Trinajstić information content (AvgIpc) is 3.15. The number of ether oxygens (including phenoxy) is 1. The Kier molecular flexibility index (Phi) is 5.52. The van der Waals surface area contributed by atoms with Crippen LogP contribution >= 0.6 is 0 Å². The maximum Gasteiger partial charge on any atom is 0.233 e. The Labute approximate surface area is 161 Å². The van der Waals surface area contributed by atoms with Crippen molar-refractivity contribution < 1.29 is 9.53 Å². The van der Waals surface area contributed by atoms with E-state index in [9.17, 15) is 4.79 Å². The lowest BCUT2D eigenvalue weighted by Gasteiger charge is -2.26. The van der Waals surface area contributed by atoms with Gasteiger partial charge in [-0.2, -0.15) is 10.1 Å². The van der Waals surface area contributed by atoms with Crippen molar-refractivity contribution >= 4 is 19.9 Å². The molecule has 148 valence electrons. The van der Waals surface area contributed by atoms with Crippen molar-refractivity contribution in [2.24, 2.45) is 0 Å². The Bertz CT molecular complexity index is 820. The highest BCUT2D eigenvalue weighted by atomic mass is 28.3. The third-order valence-electron chi connectivity index (χ3n) is 4.63. The van der Waals surface area contributed by atoms with Gasteiger partial charge in [0.25, 0.3) is 0 Å². The number of fused-ring (bicyclic) bond motifs is 1. The molecule has 27 heavy (non-hydrogen) atoms. The minimum atomic E-state index is -1.16. The van der Waals surface area contributed by atoms with E-state index in [-0.39, 0.29) is 18.7 Å². The summed E-state index contributed by atoms with van der Waals surface area (Å²) in [5.74, 6) is 1.20. The average molecular weight is 391 g/mol. The molecule has 2 aromatic heterocycles. The standard InChI is InChI=1S/C18H30N6O2Si/c1-13(2)24-16(14(3)11-19-24)17-20-18-22(12-26-9-10-27(4,5)6)15(25)7-8-23(18)21-17/h11,13H,7-10,12H2,1-6H3. The zero-order valence-corrected chi connectivity index (χ0v) is 18.2. The van der Waals surface area contributed by atoms with Crippen molar-refractivity contribution in [3.05, 3.63) is 11.8 Å². The highest BCUT2D eigenvalue weighted by molar-refractivity contribution is 6.76. The van der Waals surface area contributed by atoms with Gasteiger partial charge in [-0.05, 0) is 32.4 Å². The highest BCUT2D eigenvalue weighted by Crippen LogP contribution is 2.27. The first-order valence-electron chi connectivity index (χ1n) is 9.55. The van der Waals surface area contributed by atoms with Gasteiger partial charge in [0.1, 0.15) is 12.4 Å². The maximum atomic E-state index is 12.4. The van der Waals surface area contributed by atoms with Crippen molar-refractivity contribution in [1.82, 2.24) is 24.5 Å². The molecule has 0 fully saturated rings. The molecule has 0 spiro atoms.